The monoisotopic (exact) mass is 169 g/mol. The van der Waals surface area contributed by atoms with E-state index in [2.05, 4.69) is 15.0 Å². The van der Waals surface area contributed by atoms with Crippen LogP contribution in [0, 0.1) is 0 Å². The minimum Gasteiger partial charge on any atom is -0.268 e. The summed E-state index contributed by atoms with van der Waals surface area (Å²) in [7, 11) is 0. The van der Waals surface area contributed by atoms with Crippen LogP contribution in [0.5, 0.6) is 0 Å². The minimum absolute atomic E-state index is 0.182. The number of allylic oxidation sites excluding steroid dienone is 1. The molecule has 0 saturated carbocycles. The number of nitrogens with zero attached hydrogens (tertiary/aromatic N) is 3. The lowest BCUT2D eigenvalue weighted by Crippen LogP contribution is -2.10. The minimum atomic E-state index is 0.182. The van der Waals surface area contributed by atoms with Crippen LogP contribution in [0.15, 0.2) is 40.6 Å². The molecule has 13 heavy (non-hydrogen) atoms. The molecule has 3 rings (SSSR count). The lowest BCUT2D eigenvalue weighted by Gasteiger charge is -2.06. The van der Waals surface area contributed by atoms with Crippen LogP contribution in [-0.4, -0.2) is 16.9 Å². The Kier molecular flexibility index (Phi) is 1.22. The van der Waals surface area contributed by atoms with Gasteiger partial charge in [0.15, 0.2) is 0 Å². The molecule has 1 atom stereocenters. The predicted octanol–water partition coefficient (Wildman–Crippen LogP) is 1.85. The van der Waals surface area contributed by atoms with Crippen molar-refractivity contribution < 1.29 is 0 Å². The average Bonchev–Trinajstić information content (AvgIpc) is 2.56. The Balaban J connectivity index is 2.22. The van der Waals surface area contributed by atoms with E-state index in [1.54, 1.807) is 12.4 Å². The molecule has 1 unspecified atom stereocenters. The van der Waals surface area contributed by atoms with E-state index in [4.69, 9.17) is 0 Å². The van der Waals surface area contributed by atoms with Crippen LogP contribution in [0.3, 0.4) is 0 Å². The summed E-state index contributed by atoms with van der Waals surface area (Å²) in [5.41, 5.74) is 3.04. The standard InChI is InChI=1S/C10H7N3/c1-2-9-10(12-4-1)7-6-11-5-3-8(7)13-9/h1-7H. The number of pyridine rings is 1. The van der Waals surface area contributed by atoms with Crippen molar-refractivity contribution in [2.75, 3.05) is 0 Å². The Morgan fingerprint density at radius 1 is 1.31 bits per heavy atom. The number of hydrogen-bond donors (Lipinski definition) is 0. The van der Waals surface area contributed by atoms with Gasteiger partial charge in [0.05, 0.1) is 23.0 Å². The van der Waals surface area contributed by atoms with Crippen molar-refractivity contribution in [1.29, 1.82) is 0 Å². The summed E-state index contributed by atoms with van der Waals surface area (Å²) in [6.07, 6.45) is 7.38. The highest BCUT2D eigenvalue weighted by molar-refractivity contribution is 6.15. The first-order chi connectivity index (χ1) is 6.45. The van der Waals surface area contributed by atoms with Crippen LogP contribution in [0.25, 0.3) is 0 Å². The summed E-state index contributed by atoms with van der Waals surface area (Å²) < 4.78 is 0. The van der Waals surface area contributed by atoms with E-state index in [9.17, 15) is 0 Å². The molecule has 0 bridgehead atoms. The van der Waals surface area contributed by atoms with E-state index in [0.717, 1.165) is 17.1 Å². The summed E-state index contributed by atoms with van der Waals surface area (Å²) in [6, 6.07) is 3.89. The second-order valence-corrected chi connectivity index (χ2v) is 3.04. The zero-order valence-electron chi connectivity index (χ0n) is 6.88. The van der Waals surface area contributed by atoms with Gasteiger partial charge in [-0.15, -0.1) is 0 Å². The molecule has 1 aromatic heterocycles. The first-order valence-corrected chi connectivity index (χ1v) is 4.18. The van der Waals surface area contributed by atoms with E-state index < -0.39 is 0 Å². The van der Waals surface area contributed by atoms with Crippen molar-refractivity contribution in [2.45, 2.75) is 5.92 Å². The van der Waals surface area contributed by atoms with Gasteiger partial charge in [0.25, 0.3) is 0 Å². The van der Waals surface area contributed by atoms with Crippen molar-refractivity contribution in [3.8, 4) is 0 Å². The van der Waals surface area contributed by atoms with Gasteiger partial charge in [-0.3, -0.25) is 15.0 Å². The first kappa shape index (κ1) is 6.71. The largest absolute Gasteiger partial charge is 0.268 e. The number of rotatable bonds is 0. The molecule has 3 nitrogen and oxygen atoms in total. The molecule has 0 aliphatic carbocycles. The van der Waals surface area contributed by atoms with Crippen LogP contribution in [-0.2, 0) is 0 Å². The quantitative estimate of drug-likeness (QED) is 0.584. The fraction of sp³-hybridized carbons (Fsp3) is 0.100. The highest BCUT2D eigenvalue weighted by Crippen LogP contribution is 2.33. The van der Waals surface area contributed by atoms with Gasteiger partial charge in [0.2, 0.25) is 0 Å². The van der Waals surface area contributed by atoms with E-state index in [1.165, 1.54) is 0 Å². The smallest absolute Gasteiger partial charge is 0.0859 e. The maximum atomic E-state index is 4.45. The van der Waals surface area contributed by atoms with Gasteiger partial charge >= 0.3 is 0 Å². The molecule has 0 amide bonds. The van der Waals surface area contributed by atoms with Gasteiger partial charge in [0, 0.05) is 18.6 Å². The van der Waals surface area contributed by atoms with Crippen molar-refractivity contribution in [3.63, 3.8) is 0 Å². The van der Waals surface area contributed by atoms with Crippen LogP contribution in [0.1, 0.15) is 11.6 Å². The Hall–Kier alpha value is -1.77. The third kappa shape index (κ3) is 0.869. The number of aliphatic imine (C=N–C) groups is 2. The Labute approximate surface area is 75.6 Å². The van der Waals surface area contributed by atoms with Gasteiger partial charge < -0.3 is 0 Å². The summed E-state index contributed by atoms with van der Waals surface area (Å²) in [5.74, 6) is 0.182. The van der Waals surface area contributed by atoms with E-state index in [1.807, 2.05) is 24.4 Å². The van der Waals surface area contributed by atoms with E-state index in [0.29, 0.717) is 0 Å². The average molecular weight is 169 g/mol. The molecule has 0 radical (unpaired) electrons. The third-order valence-electron chi connectivity index (χ3n) is 2.25. The van der Waals surface area contributed by atoms with E-state index in [-0.39, 0.29) is 5.92 Å². The molecule has 0 saturated heterocycles. The number of fused-ring (bicyclic) bond motifs is 3. The number of aromatic nitrogens is 1. The van der Waals surface area contributed by atoms with Gasteiger partial charge in [-0.25, -0.2) is 0 Å². The van der Waals surface area contributed by atoms with Gasteiger partial charge in [-0.1, -0.05) is 0 Å². The van der Waals surface area contributed by atoms with Crippen molar-refractivity contribution in [2.24, 2.45) is 9.98 Å². The second kappa shape index (κ2) is 2.36. The topological polar surface area (TPSA) is 37.6 Å². The molecular formula is C10H7N3. The maximum absolute atomic E-state index is 4.45. The molecule has 0 spiro atoms. The molecule has 3 heterocycles. The summed E-state index contributed by atoms with van der Waals surface area (Å²) in [4.78, 5) is 12.8. The van der Waals surface area contributed by atoms with Crippen LogP contribution in [0.2, 0.25) is 0 Å². The molecule has 3 heteroatoms. The summed E-state index contributed by atoms with van der Waals surface area (Å²) >= 11 is 0. The van der Waals surface area contributed by atoms with E-state index >= 15 is 0 Å². The van der Waals surface area contributed by atoms with Crippen LogP contribution in [0.4, 0.5) is 5.69 Å². The van der Waals surface area contributed by atoms with Gasteiger partial charge in [0.1, 0.15) is 0 Å². The molecular weight excluding hydrogens is 162 g/mol. The molecule has 1 aromatic rings. The number of hydrogen-bond acceptors (Lipinski definition) is 3. The maximum Gasteiger partial charge on any atom is 0.0859 e. The Morgan fingerprint density at radius 2 is 2.31 bits per heavy atom. The van der Waals surface area contributed by atoms with Gasteiger partial charge in [-0.2, -0.15) is 0 Å². The lowest BCUT2D eigenvalue weighted by atomic mass is 10.0. The second-order valence-electron chi connectivity index (χ2n) is 3.04. The summed E-state index contributed by atoms with van der Waals surface area (Å²) in [5, 5.41) is 0. The zero-order valence-corrected chi connectivity index (χ0v) is 6.88. The molecule has 2 aliphatic rings. The molecule has 0 aromatic carbocycles. The van der Waals surface area contributed by atoms with Crippen molar-refractivity contribution in [3.05, 3.63) is 36.3 Å². The summed E-state index contributed by atoms with van der Waals surface area (Å²) in [6.45, 7) is 0. The van der Waals surface area contributed by atoms with Crippen LogP contribution < -0.4 is 0 Å². The fourth-order valence-electron chi connectivity index (χ4n) is 1.63. The molecule has 0 fully saturated rings. The SMILES string of the molecule is C1=CC2=Nc3cccnc3C2C=N1. The molecule has 2 aliphatic heterocycles. The lowest BCUT2D eigenvalue weighted by molar-refractivity contribution is 1.12. The first-order valence-electron chi connectivity index (χ1n) is 4.18. The van der Waals surface area contributed by atoms with Crippen molar-refractivity contribution >= 4 is 17.6 Å². The highest BCUT2D eigenvalue weighted by atomic mass is 14.9. The Bertz CT molecular complexity index is 443. The van der Waals surface area contributed by atoms with Crippen molar-refractivity contribution in [1.82, 2.24) is 4.98 Å². The normalized spacial score (nSPS) is 22.5. The Morgan fingerprint density at radius 3 is 3.31 bits per heavy atom. The fourth-order valence-corrected chi connectivity index (χ4v) is 1.63. The molecule has 62 valence electrons. The van der Waals surface area contributed by atoms with Crippen LogP contribution >= 0.6 is 0 Å². The van der Waals surface area contributed by atoms with Gasteiger partial charge in [-0.05, 0) is 18.2 Å². The third-order valence-corrected chi connectivity index (χ3v) is 2.25. The molecule has 0 N–H and O–H groups in total. The zero-order chi connectivity index (χ0) is 8.67. The highest BCUT2D eigenvalue weighted by Gasteiger charge is 2.26. The predicted molar refractivity (Wildman–Crippen MR) is 51.7 cm³/mol.